The van der Waals surface area contributed by atoms with E-state index in [9.17, 15) is 0 Å². The largest absolute Gasteiger partial charge is 0.313 e. The summed E-state index contributed by atoms with van der Waals surface area (Å²) in [5.74, 6) is 2.16. The Bertz CT molecular complexity index is 159. The minimum Gasteiger partial charge on any atom is -0.313 e. The third-order valence-corrected chi connectivity index (χ3v) is 4.70. The van der Waals surface area contributed by atoms with Crippen molar-refractivity contribution in [2.24, 2.45) is 5.92 Å². The minimum atomic E-state index is 0.724. The van der Waals surface area contributed by atoms with Crippen LogP contribution < -0.4 is 5.32 Å². The highest BCUT2D eigenvalue weighted by Crippen LogP contribution is 2.23. The zero-order valence-electron chi connectivity index (χ0n) is 12.6. The van der Waals surface area contributed by atoms with Gasteiger partial charge in [0, 0.05) is 11.3 Å². The standard InChI is InChI=1S/C15H33NS/c1-6-9-14(16-11-7-2)15(8-3)17-12-10-13(4)5/h13-16H,6-12H2,1-5H3. The van der Waals surface area contributed by atoms with Crippen LogP contribution in [0.1, 0.15) is 66.7 Å². The van der Waals surface area contributed by atoms with E-state index < -0.39 is 0 Å². The Morgan fingerprint density at radius 3 is 2.18 bits per heavy atom. The Morgan fingerprint density at radius 1 is 1.00 bits per heavy atom. The van der Waals surface area contributed by atoms with E-state index in [1.807, 2.05) is 0 Å². The first kappa shape index (κ1) is 17.3. The topological polar surface area (TPSA) is 12.0 Å². The second kappa shape index (κ2) is 11.4. The van der Waals surface area contributed by atoms with E-state index in [0.717, 1.165) is 17.2 Å². The van der Waals surface area contributed by atoms with Crippen LogP contribution in [0, 0.1) is 5.92 Å². The Morgan fingerprint density at radius 2 is 1.71 bits per heavy atom. The van der Waals surface area contributed by atoms with Gasteiger partial charge in [-0.05, 0) is 43.9 Å². The van der Waals surface area contributed by atoms with Crippen molar-refractivity contribution in [3.63, 3.8) is 0 Å². The third kappa shape index (κ3) is 8.96. The number of rotatable bonds is 11. The Balaban J connectivity index is 4.04. The van der Waals surface area contributed by atoms with Gasteiger partial charge in [-0.2, -0.15) is 11.8 Å². The number of thioether (sulfide) groups is 1. The summed E-state index contributed by atoms with van der Waals surface area (Å²) in [5, 5.41) is 4.54. The third-order valence-electron chi connectivity index (χ3n) is 3.13. The summed E-state index contributed by atoms with van der Waals surface area (Å²) in [6.45, 7) is 12.7. The lowest BCUT2D eigenvalue weighted by molar-refractivity contribution is 0.454. The maximum atomic E-state index is 3.74. The fourth-order valence-electron chi connectivity index (χ4n) is 2.03. The van der Waals surface area contributed by atoms with Crippen molar-refractivity contribution in [3.8, 4) is 0 Å². The van der Waals surface area contributed by atoms with Crippen molar-refractivity contribution in [2.75, 3.05) is 12.3 Å². The summed E-state index contributed by atoms with van der Waals surface area (Å²) in [6, 6.07) is 0.724. The maximum absolute atomic E-state index is 3.74. The van der Waals surface area contributed by atoms with Crippen molar-refractivity contribution in [1.82, 2.24) is 5.32 Å². The van der Waals surface area contributed by atoms with E-state index in [1.165, 1.54) is 44.4 Å². The molecule has 2 heteroatoms. The highest BCUT2D eigenvalue weighted by atomic mass is 32.2. The van der Waals surface area contributed by atoms with Crippen LogP contribution in [0.3, 0.4) is 0 Å². The number of hydrogen-bond donors (Lipinski definition) is 1. The molecule has 0 aromatic heterocycles. The molecule has 104 valence electrons. The lowest BCUT2D eigenvalue weighted by atomic mass is 10.1. The molecule has 0 spiro atoms. The molecule has 0 saturated carbocycles. The van der Waals surface area contributed by atoms with E-state index in [4.69, 9.17) is 0 Å². The lowest BCUT2D eigenvalue weighted by Gasteiger charge is -2.27. The molecule has 0 aliphatic carbocycles. The normalized spacial score (nSPS) is 15.2. The molecule has 17 heavy (non-hydrogen) atoms. The monoisotopic (exact) mass is 259 g/mol. The molecule has 0 aliphatic heterocycles. The lowest BCUT2D eigenvalue weighted by Crippen LogP contribution is -2.38. The highest BCUT2D eigenvalue weighted by molar-refractivity contribution is 7.99. The molecule has 2 atom stereocenters. The fraction of sp³-hybridized carbons (Fsp3) is 1.00. The second-order valence-corrected chi connectivity index (χ2v) is 6.70. The summed E-state index contributed by atoms with van der Waals surface area (Å²) in [5.41, 5.74) is 0. The molecule has 0 rings (SSSR count). The van der Waals surface area contributed by atoms with E-state index >= 15 is 0 Å². The summed E-state index contributed by atoms with van der Waals surface area (Å²) in [7, 11) is 0. The molecule has 0 aromatic rings. The first-order valence-corrected chi connectivity index (χ1v) is 8.55. The molecule has 0 aliphatic rings. The van der Waals surface area contributed by atoms with Crippen LogP contribution in [0.2, 0.25) is 0 Å². The molecule has 1 nitrogen and oxygen atoms in total. The predicted molar refractivity (Wildman–Crippen MR) is 83.0 cm³/mol. The van der Waals surface area contributed by atoms with Gasteiger partial charge in [0.2, 0.25) is 0 Å². The predicted octanol–water partition coefficient (Wildman–Crippen LogP) is 4.71. The molecule has 0 fully saturated rings. The van der Waals surface area contributed by atoms with E-state index in [0.29, 0.717) is 0 Å². The van der Waals surface area contributed by atoms with Crippen molar-refractivity contribution in [3.05, 3.63) is 0 Å². The van der Waals surface area contributed by atoms with Gasteiger partial charge in [-0.3, -0.25) is 0 Å². The number of nitrogens with one attached hydrogen (secondary N) is 1. The molecule has 0 aromatic carbocycles. The molecule has 1 N–H and O–H groups in total. The minimum absolute atomic E-state index is 0.724. The SMILES string of the molecule is CCCNC(CCC)C(CC)SCCC(C)C. The molecule has 0 amide bonds. The Kier molecular flexibility index (Phi) is 11.6. The van der Waals surface area contributed by atoms with Gasteiger partial charge in [0.05, 0.1) is 0 Å². The Hall–Kier alpha value is 0.310. The zero-order valence-corrected chi connectivity index (χ0v) is 13.4. The second-order valence-electron chi connectivity index (χ2n) is 5.35. The van der Waals surface area contributed by atoms with Gasteiger partial charge in [-0.1, -0.05) is 41.0 Å². The van der Waals surface area contributed by atoms with E-state index in [-0.39, 0.29) is 0 Å². The van der Waals surface area contributed by atoms with Crippen LogP contribution in [-0.2, 0) is 0 Å². The summed E-state index contributed by atoms with van der Waals surface area (Å²) < 4.78 is 0. The van der Waals surface area contributed by atoms with Gasteiger partial charge >= 0.3 is 0 Å². The van der Waals surface area contributed by atoms with Crippen LogP contribution in [0.15, 0.2) is 0 Å². The van der Waals surface area contributed by atoms with E-state index in [1.54, 1.807) is 0 Å². The molecular weight excluding hydrogens is 226 g/mol. The zero-order chi connectivity index (χ0) is 13.1. The highest BCUT2D eigenvalue weighted by Gasteiger charge is 2.18. The van der Waals surface area contributed by atoms with Gasteiger partial charge in [-0.15, -0.1) is 0 Å². The number of hydrogen-bond acceptors (Lipinski definition) is 2. The quantitative estimate of drug-likeness (QED) is 0.576. The first-order chi connectivity index (χ1) is 8.15. The van der Waals surface area contributed by atoms with Gasteiger partial charge in [0.15, 0.2) is 0 Å². The molecule has 0 bridgehead atoms. The van der Waals surface area contributed by atoms with Gasteiger partial charge in [0.1, 0.15) is 0 Å². The molecular formula is C15H33NS. The molecule has 0 heterocycles. The molecule has 0 radical (unpaired) electrons. The summed E-state index contributed by atoms with van der Waals surface area (Å²) in [6.07, 6.45) is 6.51. The van der Waals surface area contributed by atoms with Gasteiger partial charge in [-0.25, -0.2) is 0 Å². The van der Waals surface area contributed by atoms with Crippen LogP contribution in [0.25, 0.3) is 0 Å². The van der Waals surface area contributed by atoms with Crippen molar-refractivity contribution in [1.29, 1.82) is 0 Å². The summed E-state index contributed by atoms with van der Waals surface area (Å²) in [4.78, 5) is 0. The van der Waals surface area contributed by atoms with E-state index in [2.05, 4.69) is 51.7 Å². The average molecular weight is 260 g/mol. The first-order valence-electron chi connectivity index (χ1n) is 7.50. The summed E-state index contributed by atoms with van der Waals surface area (Å²) >= 11 is 2.19. The maximum Gasteiger partial charge on any atom is 0.0198 e. The average Bonchev–Trinajstić information content (AvgIpc) is 2.30. The van der Waals surface area contributed by atoms with Crippen LogP contribution >= 0.6 is 11.8 Å². The van der Waals surface area contributed by atoms with Crippen molar-refractivity contribution >= 4 is 11.8 Å². The van der Waals surface area contributed by atoms with Crippen molar-refractivity contribution < 1.29 is 0 Å². The Labute approximate surface area is 114 Å². The molecule has 0 saturated heterocycles. The smallest absolute Gasteiger partial charge is 0.0198 e. The van der Waals surface area contributed by atoms with Crippen LogP contribution in [0.5, 0.6) is 0 Å². The van der Waals surface area contributed by atoms with Gasteiger partial charge < -0.3 is 5.32 Å². The van der Waals surface area contributed by atoms with Crippen LogP contribution in [0.4, 0.5) is 0 Å². The van der Waals surface area contributed by atoms with Crippen molar-refractivity contribution in [2.45, 2.75) is 78.0 Å². The molecule has 2 unspecified atom stereocenters. The van der Waals surface area contributed by atoms with Crippen LogP contribution in [-0.4, -0.2) is 23.6 Å². The van der Waals surface area contributed by atoms with Gasteiger partial charge in [0.25, 0.3) is 0 Å². The fourth-order valence-corrected chi connectivity index (χ4v) is 3.64.